The zero-order valence-corrected chi connectivity index (χ0v) is 17.3. The minimum atomic E-state index is -1.29. The van der Waals surface area contributed by atoms with Gasteiger partial charge >= 0.3 is 11.8 Å². The number of ether oxygens (including phenoxy) is 1. The van der Waals surface area contributed by atoms with Gasteiger partial charge in [0.1, 0.15) is 5.60 Å². The fraction of sp³-hybridized carbons (Fsp3) is 0.391. The molecule has 1 aliphatic rings. The number of carbonyl (C=O) groups is 2. The molecule has 7 nitrogen and oxygen atoms in total. The average Bonchev–Trinajstić information content (AvgIpc) is 2.79. The fourth-order valence-corrected chi connectivity index (χ4v) is 3.32. The zero-order chi connectivity index (χ0) is 21.4. The van der Waals surface area contributed by atoms with Gasteiger partial charge in [0.25, 0.3) is 0 Å². The monoisotopic (exact) mass is 411 g/mol. The lowest BCUT2D eigenvalue weighted by Gasteiger charge is -2.26. The number of benzene rings is 2. The average molecular weight is 412 g/mol. The van der Waals surface area contributed by atoms with Crippen molar-refractivity contribution in [3.8, 4) is 11.1 Å². The largest absolute Gasteiger partial charge is 0.384 e. The first-order valence-electron chi connectivity index (χ1n) is 10.2. The molecule has 0 bridgehead atoms. The van der Waals surface area contributed by atoms with Crippen LogP contribution in [0.25, 0.3) is 11.1 Å². The minimum Gasteiger partial charge on any atom is -0.384 e. The van der Waals surface area contributed by atoms with E-state index in [0.29, 0.717) is 31.9 Å². The molecule has 1 unspecified atom stereocenters. The highest BCUT2D eigenvalue weighted by Gasteiger charge is 2.25. The van der Waals surface area contributed by atoms with E-state index in [2.05, 4.69) is 15.5 Å². The highest BCUT2D eigenvalue weighted by molar-refractivity contribution is 6.35. The summed E-state index contributed by atoms with van der Waals surface area (Å²) in [5, 5.41) is 15.9. The molecule has 0 saturated carbocycles. The number of carbonyl (C=O) groups excluding carboxylic acids is 2. The molecular weight excluding hydrogens is 382 g/mol. The van der Waals surface area contributed by atoms with E-state index in [0.717, 1.165) is 24.2 Å². The van der Waals surface area contributed by atoms with Crippen LogP contribution in [-0.4, -0.2) is 67.8 Å². The lowest BCUT2D eigenvalue weighted by Crippen LogP contribution is -2.47. The van der Waals surface area contributed by atoms with Crippen molar-refractivity contribution in [3.63, 3.8) is 0 Å². The highest BCUT2D eigenvalue weighted by atomic mass is 16.5. The lowest BCUT2D eigenvalue weighted by molar-refractivity contribution is -0.139. The Morgan fingerprint density at radius 3 is 2.23 bits per heavy atom. The Morgan fingerprint density at radius 2 is 1.57 bits per heavy atom. The number of nitrogens with zero attached hydrogens (tertiary/aromatic N) is 1. The molecule has 0 aliphatic carbocycles. The standard InChI is InChI=1S/C23H29N3O4/c1-23(29,20-9-7-19(8-10-20)18-5-3-2-4-6-18)17-25-22(28)21(27)24-11-12-26-13-15-30-16-14-26/h2-10,29H,11-17H2,1H3,(H,24,27)(H,25,28). The van der Waals surface area contributed by atoms with Crippen LogP contribution in [0.3, 0.4) is 0 Å². The number of hydrogen-bond acceptors (Lipinski definition) is 5. The van der Waals surface area contributed by atoms with Crippen LogP contribution in [0.1, 0.15) is 12.5 Å². The molecule has 7 heteroatoms. The SMILES string of the molecule is CC(O)(CNC(=O)C(=O)NCCN1CCOCC1)c1ccc(-c2ccccc2)cc1. The van der Waals surface area contributed by atoms with Gasteiger partial charge in [-0.05, 0) is 23.6 Å². The molecule has 2 aromatic carbocycles. The molecule has 0 radical (unpaired) electrons. The second kappa shape index (κ2) is 10.3. The predicted molar refractivity (Wildman–Crippen MR) is 115 cm³/mol. The predicted octanol–water partition coefficient (Wildman–Crippen LogP) is 1.13. The number of amides is 2. The maximum absolute atomic E-state index is 12.1. The number of hydrogen-bond donors (Lipinski definition) is 3. The molecule has 0 spiro atoms. The lowest BCUT2D eigenvalue weighted by atomic mass is 9.93. The topological polar surface area (TPSA) is 90.9 Å². The number of rotatable bonds is 7. The van der Waals surface area contributed by atoms with E-state index in [4.69, 9.17) is 4.74 Å². The molecular formula is C23H29N3O4. The third-order valence-corrected chi connectivity index (χ3v) is 5.23. The van der Waals surface area contributed by atoms with E-state index >= 15 is 0 Å². The summed E-state index contributed by atoms with van der Waals surface area (Å²) in [5.74, 6) is -1.45. The van der Waals surface area contributed by atoms with Gasteiger partial charge in [-0.1, -0.05) is 54.6 Å². The number of morpholine rings is 1. The molecule has 1 atom stereocenters. The Hall–Kier alpha value is -2.74. The highest BCUT2D eigenvalue weighted by Crippen LogP contribution is 2.24. The summed E-state index contributed by atoms with van der Waals surface area (Å²) in [7, 11) is 0. The van der Waals surface area contributed by atoms with Crippen molar-refractivity contribution in [2.75, 3.05) is 45.9 Å². The van der Waals surface area contributed by atoms with Crippen molar-refractivity contribution in [2.45, 2.75) is 12.5 Å². The van der Waals surface area contributed by atoms with E-state index < -0.39 is 17.4 Å². The third-order valence-electron chi connectivity index (χ3n) is 5.23. The summed E-state index contributed by atoms with van der Waals surface area (Å²) >= 11 is 0. The normalized spacial score (nSPS) is 16.5. The molecule has 1 saturated heterocycles. The third kappa shape index (κ3) is 6.13. The fourth-order valence-electron chi connectivity index (χ4n) is 3.32. The molecule has 1 fully saturated rings. The van der Waals surface area contributed by atoms with Crippen LogP contribution in [0, 0.1) is 0 Å². The molecule has 1 aliphatic heterocycles. The summed E-state index contributed by atoms with van der Waals surface area (Å²) in [6.07, 6.45) is 0. The Morgan fingerprint density at radius 1 is 0.967 bits per heavy atom. The Balaban J connectivity index is 1.46. The van der Waals surface area contributed by atoms with Crippen LogP contribution < -0.4 is 10.6 Å². The van der Waals surface area contributed by atoms with Gasteiger partial charge < -0.3 is 20.5 Å². The van der Waals surface area contributed by atoms with Gasteiger partial charge in [-0.2, -0.15) is 0 Å². The first-order valence-corrected chi connectivity index (χ1v) is 10.2. The number of aliphatic hydroxyl groups is 1. The zero-order valence-electron chi connectivity index (χ0n) is 17.3. The van der Waals surface area contributed by atoms with Crippen molar-refractivity contribution >= 4 is 11.8 Å². The van der Waals surface area contributed by atoms with Crippen molar-refractivity contribution in [1.82, 2.24) is 15.5 Å². The van der Waals surface area contributed by atoms with Crippen molar-refractivity contribution < 1.29 is 19.4 Å². The van der Waals surface area contributed by atoms with E-state index in [1.807, 2.05) is 54.6 Å². The van der Waals surface area contributed by atoms with Gasteiger partial charge in [0.15, 0.2) is 0 Å². The summed E-state index contributed by atoms with van der Waals surface area (Å²) in [4.78, 5) is 26.2. The molecule has 30 heavy (non-hydrogen) atoms. The van der Waals surface area contributed by atoms with E-state index in [1.165, 1.54) is 0 Å². The molecule has 0 aromatic heterocycles. The van der Waals surface area contributed by atoms with E-state index in [9.17, 15) is 14.7 Å². The summed E-state index contributed by atoms with van der Waals surface area (Å²) in [5.41, 5.74) is 1.50. The second-order valence-electron chi connectivity index (χ2n) is 7.61. The molecule has 160 valence electrons. The maximum Gasteiger partial charge on any atom is 0.309 e. The number of nitrogens with one attached hydrogen (secondary N) is 2. The smallest absolute Gasteiger partial charge is 0.309 e. The summed E-state index contributed by atoms with van der Waals surface area (Å²) in [6.45, 7) is 5.65. The molecule has 3 rings (SSSR count). The van der Waals surface area contributed by atoms with Crippen LogP contribution in [0.4, 0.5) is 0 Å². The van der Waals surface area contributed by atoms with Gasteiger partial charge in [-0.25, -0.2) is 0 Å². The van der Waals surface area contributed by atoms with Crippen molar-refractivity contribution in [1.29, 1.82) is 0 Å². The molecule has 2 aromatic rings. The van der Waals surface area contributed by atoms with Crippen molar-refractivity contribution in [3.05, 3.63) is 60.2 Å². The van der Waals surface area contributed by atoms with Gasteiger partial charge in [0, 0.05) is 26.2 Å². The molecule has 3 N–H and O–H groups in total. The van der Waals surface area contributed by atoms with E-state index in [1.54, 1.807) is 6.92 Å². The van der Waals surface area contributed by atoms with Gasteiger partial charge in [0.2, 0.25) is 0 Å². The minimum absolute atomic E-state index is 0.0621. The van der Waals surface area contributed by atoms with Crippen LogP contribution in [0.5, 0.6) is 0 Å². The van der Waals surface area contributed by atoms with Crippen LogP contribution in [0.2, 0.25) is 0 Å². The molecule has 2 amide bonds. The first-order chi connectivity index (χ1) is 14.5. The summed E-state index contributed by atoms with van der Waals surface area (Å²) in [6, 6.07) is 17.5. The molecule has 1 heterocycles. The van der Waals surface area contributed by atoms with Crippen molar-refractivity contribution in [2.24, 2.45) is 0 Å². The second-order valence-corrected chi connectivity index (χ2v) is 7.61. The van der Waals surface area contributed by atoms with Gasteiger partial charge in [-0.3, -0.25) is 14.5 Å². The summed E-state index contributed by atoms with van der Waals surface area (Å²) < 4.78 is 5.28. The Bertz CT molecular complexity index is 831. The Labute approximate surface area is 177 Å². The van der Waals surface area contributed by atoms with Gasteiger partial charge in [0.05, 0.1) is 19.8 Å². The van der Waals surface area contributed by atoms with Crippen LogP contribution >= 0.6 is 0 Å². The first kappa shape index (κ1) is 22.0. The van der Waals surface area contributed by atoms with Crippen LogP contribution in [0.15, 0.2) is 54.6 Å². The Kier molecular flexibility index (Phi) is 7.57. The van der Waals surface area contributed by atoms with E-state index in [-0.39, 0.29) is 6.54 Å². The maximum atomic E-state index is 12.1. The quantitative estimate of drug-likeness (QED) is 0.594. The van der Waals surface area contributed by atoms with Crippen LogP contribution in [-0.2, 0) is 19.9 Å². The van der Waals surface area contributed by atoms with Gasteiger partial charge in [-0.15, -0.1) is 0 Å².